The van der Waals surface area contributed by atoms with E-state index in [1.165, 1.54) is 7.11 Å². The van der Waals surface area contributed by atoms with Gasteiger partial charge in [-0.1, -0.05) is 0 Å². The van der Waals surface area contributed by atoms with E-state index in [0.29, 0.717) is 0 Å². The second kappa shape index (κ2) is 4.32. The van der Waals surface area contributed by atoms with Gasteiger partial charge in [-0.25, -0.2) is 0 Å². The van der Waals surface area contributed by atoms with Crippen LogP contribution in [0.5, 0.6) is 0 Å². The highest BCUT2D eigenvalue weighted by Crippen LogP contribution is 2.20. The van der Waals surface area contributed by atoms with Gasteiger partial charge in [-0.05, 0) is 0 Å². The molecule has 1 saturated heterocycles. The van der Waals surface area contributed by atoms with E-state index >= 15 is 0 Å². The normalized spacial score (nSPS) is 46.4. The first-order chi connectivity index (χ1) is 6.11. The molecule has 1 aliphatic heterocycles. The third-order valence-corrected chi connectivity index (χ3v) is 2.08. The molecule has 1 aliphatic rings. The van der Waals surface area contributed by atoms with Gasteiger partial charge in [0.15, 0.2) is 6.29 Å². The Bertz CT molecular complexity index is 143. The average Bonchev–Trinajstić information content (AvgIpc) is 2.15. The van der Waals surface area contributed by atoms with E-state index in [2.05, 4.69) is 0 Å². The Kier molecular flexibility index (Phi) is 3.60. The van der Waals surface area contributed by atoms with Crippen LogP contribution in [0.3, 0.4) is 0 Å². The van der Waals surface area contributed by atoms with Crippen molar-refractivity contribution in [1.82, 2.24) is 0 Å². The summed E-state index contributed by atoms with van der Waals surface area (Å²) in [6.45, 7) is -0.440. The molecule has 4 N–H and O–H groups in total. The minimum atomic E-state index is -1.36. The Morgan fingerprint density at radius 2 is 1.77 bits per heavy atom. The van der Waals surface area contributed by atoms with Gasteiger partial charge in [0.1, 0.15) is 24.4 Å². The highest BCUT2D eigenvalue weighted by Gasteiger charge is 2.43. The fourth-order valence-corrected chi connectivity index (χ4v) is 1.26. The lowest BCUT2D eigenvalue weighted by Crippen LogP contribution is -2.58. The van der Waals surface area contributed by atoms with Gasteiger partial charge < -0.3 is 29.9 Å². The van der Waals surface area contributed by atoms with Gasteiger partial charge in [-0.15, -0.1) is 0 Å². The first-order valence-corrected chi connectivity index (χ1v) is 3.95. The zero-order chi connectivity index (χ0) is 10.0. The van der Waals surface area contributed by atoms with Gasteiger partial charge in [0.05, 0.1) is 6.61 Å². The SMILES string of the molecule is CO[C@H]1O[C@@H](CO)[C@H](O)[C@H](O)[C@@H]1O. The topological polar surface area (TPSA) is 99.4 Å². The van der Waals surface area contributed by atoms with Crippen LogP contribution in [-0.4, -0.2) is 64.8 Å². The monoisotopic (exact) mass is 194 g/mol. The standard InChI is InChI=1S/C7H14O6/c1-12-7-6(11)5(10)4(9)3(2-8)13-7/h3-11H,2H2,1H3/t3-,4-,5-,6-,7-/m0/s1. The summed E-state index contributed by atoms with van der Waals surface area (Å²) < 4.78 is 9.65. The smallest absolute Gasteiger partial charge is 0.186 e. The predicted molar refractivity (Wildman–Crippen MR) is 40.8 cm³/mol. The molecule has 0 spiro atoms. The fraction of sp³-hybridized carbons (Fsp3) is 1.00. The Balaban J connectivity index is 2.66. The van der Waals surface area contributed by atoms with Gasteiger partial charge in [-0.3, -0.25) is 0 Å². The van der Waals surface area contributed by atoms with Crippen LogP contribution in [0, 0.1) is 0 Å². The molecular formula is C7H14O6. The molecule has 6 heteroatoms. The molecule has 0 aromatic heterocycles. The molecule has 0 bridgehead atoms. The maximum absolute atomic E-state index is 9.28. The van der Waals surface area contributed by atoms with Crippen LogP contribution in [-0.2, 0) is 9.47 Å². The van der Waals surface area contributed by atoms with Gasteiger partial charge >= 0.3 is 0 Å². The summed E-state index contributed by atoms with van der Waals surface area (Å²) in [7, 11) is 1.30. The molecule has 13 heavy (non-hydrogen) atoms. The van der Waals surface area contributed by atoms with Crippen LogP contribution < -0.4 is 0 Å². The Hall–Kier alpha value is -0.240. The fourth-order valence-electron chi connectivity index (χ4n) is 1.26. The summed E-state index contributed by atoms with van der Waals surface area (Å²) in [5, 5.41) is 36.6. The average molecular weight is 194 g/mol. The molecule has 0 radical (unpaired) electrons. The van der Waals surface area contributed by atoms with Crippen molar-refractivity contribution < 1.29 is 29.9 Å². The highest BCUT2D eigenvalue weighted by molar-refractivity contribution is 4.88. The van der Waals surface area contributed by atoms with E-state index in [1.54, 1.807) is 0 Å². The second-order valence-electron chi connectivity index (χ2n) is 2.93. The van der Waals surface area contributed by atoms with Crippen LogP contribution in [0.1, 0.15) is 0 Å². The molecule has 0 unspecified atom stereocenters. The molecule has 0 saturated carbocycles. The van der Waals surface area contributed by atoms with Crippen molar-refractivity contribution in [2.45, 2.75) is 30.7 Å². The molecule has 1 fully saturated rings. The molecule has 1 heterocycles. The Morgan fingerprint density at radius 3 is 2.23 bits per heavy atom. The number of aliphatic hydroxyl groups is 4. The summed E-state index contributed by atoms with van der Waals surface area (Å²) in [4.78, 5) is 0. The minimum absolute atomic E-state index is 0.440. The van der Waals surface area contributed by atoms with E-state index in [0.717, 1.165) is 0 Å². The number of hydrogen-bond acceptors (Lipinski definition) is 6. The van der Waals surface area contributed by atoms with Gasteiger partial charge in [-0.2, -0.15) is 0 Å². The second-order valence-corrected chi connectivity index (χ2v) is 2.93. The van der Waals surface area contributed by atoms with Crippen molar-refractivity contribution in [3.8, 4) is 0 Å². The lowest BCUT2D eigenvalue weighted by Gasteiger charge is -2.38. The van der Waals surface area contributed by atoms with Crippen LogP contribution in [0.2, 0.25) is 0 Å². The lowest BCUT2D eigenvalue weighted by molar-refractivity contribution is -0.294. The van der Waals surface area contributed by atoms with Crippen LogP contribution in [0.4, 0.5) is 0 Å². The third kappa shape index (κ3) is 1.98. The summed E-state index contributed by atoms with van der Waals surface area (Å²) in [6.07, 6.45) is -5.91. The number of aliphatic hydroxyl groups excluding tert-OH is 4. The van der Waals surface area contributed by atoms with Crippen LogP contribution >= 0.6 is 0 Å². The highest BCUT2D eigenvalue weighted by atomic mass is 16.7. The quantitative estimate of drug-likeness (QED) is 0.386. The third-order valence-electron chi connectivity index (χ3n) is 2.08. The molecule has 1 rings (SSSR count). The van der Waals surface area contributed by atoms with Crippen molar-refractivity contribution in [1.29, 1.82) is 0 Å². The Labute approximate surface area is 75.3 Å². The van der Waals surface area contributed by atoms with Gasteiger partial charge in [0, 0.05) is 7.11 Å². The number of methoxy groups -OCH3 is 1. The maximum atomic E-state index is 9.28. The van der Waals surface area contributed by atoms with Crippen molar-refractivity contribution >= 4 is 0 Å². The summed E-state index contributed by atoms with van der Waals surface area (Å²) in [5.74, 6) is 0. The summed E-state index contributed by atoms with van der Waals surface area (Å²) in [5.41, 5.74) is 0. The molecule has 6 nitrogen and oxygen atoms in total. The van der Waals surface area contributed by atoms with E-state index in [4.69, 9.17) is 14.6 Å². The predicted octanol–water partition coefficient (Wildman–Crippen LogP) is -2.57. The molecule has 0 amide bonds. The lowest BCUT2D eigenvalue weighted by atomic mass is 9.99. The molecule has 0 aromatic rings. The van der Waals surface area contributed by atoms with E-state index in [9.17, 15) is 15.3 Å². The van der Waals surface area contributed by atoms with Crippen molar-refractivity contribution in [2.24, 2.45) is 0 Å². The molecule has 78 valence electrons. The van der Waals surface area contributed by atoms with Crippen LogP contribution in [0.15, 0.2) is 0 Å². The van der Waals surface area contributed by atoms with Crippen molar-refractivity contribution in [3.05, 3.63) is 0 Å². The van der Waals surface area contributed by atoms with E-state index in [-0.39, 0.29) is 0 Å². The van der Waals surface area contributed by atoms with Crippen molar-refractivity contribution in [3.63, 3.8) is 0 Å². The van der Waals surface area contributed by atoms with Crippen LogP contribution in [0.25, 0.3) is 0 Å². The molecule has 5 atom stereocenters. The number of hydrogen-bond donors (Lipinski definition) is 4. The first-order valence-electron chi connectivity index (χ1n) is 3.95. The molecule has 0 aromatic carbocycles. The Morgan fingerprint density at radius 1 is 1.15 bits per heavy atom. The summed E-state index contributed by atoms with van der Waals surface area (Å²) >= 11 is 0. The molecule has 0 aliphatic carbocycles. The minimum Gasteiger partial charge on any atom is -0.394 e. The largest absolute Gasteiger partial charge is 0.394 e. The number of ether oxygens (including phenoxy) is 2. The van der Waals surface area contributed by atoms with Crippen molar-refractivity contribution in [2.75, 3.05) is 13.7 Å². The molecular weight excluding hydrogens is 180 g/mol. The van der Waals surface area contributed by atoms with E-state index < -0.39 is 37.3 Å². The summed E-state index contributed by atoms with van der Waals surface area (Å²) in [6, 6.07) is 0. The zero-order valence-corrected chi connectivity index (χ0v) is 7.20. The van der Waals surface area contributed by atoms with Gasteiger partial charge in [0.25, 0.3) is 0 Å². The maximum Gasteiger partial charge on any atom is 0.186 e. The first kappa shape index (κ1) is 10.8. The van der Waals surface area contributed by atoms with Gasteiger partial charge in [0.2, 0.25) is 0 Å². The number of rotatable bonds is 2. The van der Waals surface area contributed by atoms with E-state index in [1.807, 2.05) is 0 Å². The zero-order valence-electron chi connectivity index (χ0n) is 7.20.